The molecule has 7 heteroatoms. The summed E-state index contributed by atoms with van der Waals surface area (Å²) >= 11 is 0. The highest BCUT2D eigenvalue weighted by atomic mass is 19.4. The van der Waals surface area contributed by atoms with Crippen molar-refractivity contribution in [1.29, 1.82) is 0 Å². The minimum Gasteiger partial charge on any atom is -0.348 e. The number of hydrogen-bond donors (Lipinski definition) is 1. The van der Waals surface area contributed by atoms with Gasteiger partial charge in [-0.05, 0) is 37.9 Å². The molecule has 1 amide bonds. The van der Waals surface area contributed by atoms with Crippen molar-refractivity contribution in [2.24, 2.45) is 0 Å². The van der Waals surface area contributed by atoms with Crippen LogP contribution < -0.4 is 5.32 Å². The van der Waals surface area contributed by atoms with Gasteiger partial charge in [0.25, 0.3) is 5.91 Å². The molecule has 1 aromatic heterocycles. The first-order chi connectivity index (χ1) is 9.95. The van der Waals surface area contributed by atoms with Gasteiger partial charge in [0.1, 0.15) is 5.69 Å². The molecule has 2 saturated heterocycles. The third-order valence-corrected chi connectivity index (χ3v) is 4.24. The summed E-state index contributed by atoms with van der Waals surface area (Å²) in [7, 11) is 0. The average molecular weight is 299 g/mol. The molecule has 0 spiro atoms. The standard InChI is InChI=1S/C14H16F3N3O/c15-14(16,17)12-4-3-9(8-18-12)13(21)19-10-5-7-20-6-1-2-11(10)20/h3-4,8,10-11H,1-2,5-7H2,(H,19,21). The van der Waals surface area contributed by atoms with Crippen molar-refractivity contribution in [3.8, 4) is 0 Å². The second kappa shape index (κ2) is 5.29. The Balaban J connectivity index is 1.65. The summed E-state index contributed by atoms with van der Waals surface area (Å²) in [6.45, 7) is 2.04. The number of rotatable bonds is 2. The van der Waals surface area contributed by atoms with E-state index >= 15 is 0 Å². The Bertz CT molecular complexity index is 529. The first kappa shape index (κ1) is 14.3. The summed E-state index contributed by atoms with van der Waals surface area (Å²) in [5, 5.41) is 2.92. The molecule has 3 heterocycles. The molecular weight excluding hydrogens is 283 g/mol. The Morgan fingerprint density at radius 1 is 1.29 bits per heavy atom. The van der Waals surface area contributed by atoms with Crippen LogP contribution in [-0.2, 0) is 6.18 Å². The normalized spacial score (nSPS) is 25.9. The van der Waals surface area contributed by atoms with Crippen LogP contribution >= 0.6 is 0 Å². The van der Waals surface area contributed by atoms with Crippen LogP contribution in [0.2, 0.25) is 0 Å². The second-order valence-corrected chi connectivity index (χ2v) is 5.54. The number of nitrogens with one attached hydrogen (secondary N) is 1. The molecule has 0 saturated carbocycles. The van der Waals surface area contributed by atoms with Gasteiger partial charge < -0.3 is 5.32 Å². The van der Waals surface area contributed by atoms with Gasteiger partial charge in [-0.2, -0.15) is 13.2 Å². The van der Waals surface area contributed by atoms with E-state index < -0.39 is 11.9 Å². The Morgan fingerprint density at radius 3 is 2.76 bits per heavy atom. The van der Waals surface area contributed by atoms with E-state index in [-0.39, 0.29) is 17.5 Å². The first-order valence-corrected chi connectivity index (χ1v) is 7.03. The molecule has 0 radical (unpaired) electrons. The van der Waals surface area contributed by atoms with E-state index in [1.54, 1.807) is 0 Å². The zero-order chi connectivity index (χ0) is 15.0. The number of pyridine rings is 1. The predicted octanol–water partition coefficient (Wildman–Crippen LogP) is 2.07. The van der Waals surface area contributed by atoms with Gasteiger partial charge in [-0.15, -0.1) is 0 Å². The third-order valence-electron chi connectivity index (χ3n) is 4.24. The lowest BCUT2D eigenvalue weighted by Gasteiger charge is -2.21. The van der Waals surface area contributed by atoms with E-state index in [2.05, 4.69) is 15.2 Å². The molecule has 1 N–H and O–H groups in total. The highest BCUT2D eigenvalue weighted by molar-refractivity contribution is 5.94. The number of fused-ring (bicyclic) bond motifs is 1. The maximum Gasteiger partial charge on any atom is 0.433 e. The van der Waals surface area contributed by atoms with Crippen molar-refractivity contribution in [2.75, 3.05) is 13.1 Å². The van der Waals surface area contributed by atoms with Gasteiger partial charge in [0.2, 0.25) is 0 Å². The largest absolute Gasteiger partial charge is 0.433 e. The number of carbonyl (C=O) groups is 1. The van der Waals surface area contributed by atoms with E-state index in [1.807, 2.05) is 0 Å². The maximum atomic E-state index is 12.4. The third kappa shape index (κ3) is 2.88. The lowest BCUT2D eigenvalue weighted by atomic mass is 10.1. The maximum absolute atomic E-state index is 12.4. The van der Waals surface area contributed by atoms with Crippen molar-refractivity contribution in [2.45, 2.75) is 37.5 Å². The Kier molecular flexibility index (Phi) is 3.61. The van der Waals surface area contributed by atoms with Crippen molar-refractivity contribution in [1.82, 2.24) is 15.2 Å². The van der Waals surface area contributed by atoms with Crippen molar-refractivity contribution in [3.05, 3.63) is 29.6 Å². The smallest absolute Gasteiger partial charge is 0.348 e. The molecule has 0 aromatic carbocycles. The van der Waals surface area contributed by atoms with E-state index in [0.717, 1.165) is 44.6 Å². The minimum atomic E-state index is -4.48. The van der Waals surface area contributed by atoms with Crippen molar-refractivity contribution >= 4 is 5.91 Å². The van der Waals surface area contributed by atoms with Gasteiger partial charge >= 0.3 is 6.18 Å². The monoisotopic (exact) mass is 299 g/mol. The Morgan fingerprint density at radius 2 is 2.10 bits per heavy atom. The van der Waals surface area contributed by atoms with Gasteiger partial charge in [0.15, 0.2) is 0 Å². The van der Waals surface area contributed by atoms with Crippen LogP contribution in [0.25, 0.3) is 0 Å². The quantitative estimate of drug-likeness (QED) is 0.909. The molecule has 3 rings (SSSR count). The second-order valence-electron chi connectivity index (χ2n) is 5.54. The lowest BCUT2D eigenvalue weighted by molar-refractivity contribution is -0.141. The van der Waals surface area contributed by atoms with E-state index in [0.29, 0.717) is 6.04 Å². The van der Waals surface area contributed by atoms with Crippen molar-refractivity contribution in [3.63, 3.8) is 0 Å². The average Bonchev–Trinajstić information content (AvgIpc) is 3.03. The minimum absolute atomic E-state index is 0.0855. The van der Waals surface area contributed by atoms with Crippen molar-refractivity contribution < 1.29 is 18.0 Å². The number of carbonyl (C=O) groups excluding carboxylic acids is 1. The molecule has 2 unspecified atom stereocenters. The fourth-order valence-corrected chi connectivity index (χ4v) is 3.20. The molecular formula is C14H16F3N3O. The number of nitrogens with zero attached hydrogens (tertiary/aromatic N) is 2. The van der Waals surface area contributed by atoms with Crippen LogP contribution in [0.3, 0.4) is 0 Å². The summed E-state index contributed by atoms with van der Waals surface area (Å²) < 4.78 is 37.3. The van der Waals surface area contributed by atoms with Crippen LogP contribution in [0.5, 0.6) is 0 Å². The Hall–Kier alpha value is -1.63. The molecule has 2 aliphatic heterocycles. The molecule has 114 valence electrons. The summed E-state index contributed by atoms with van der Waals surface area (Å²) in [4.78, 5) is 17.8. The topological polar surface area (TPSA) is 45.2 Å². The molecule has 0 aliphatic carbocycles. The summed E-state index contributed by atoms with van der Waals surface area (Å²) in [5.41, 5.74) is -0.818. The van der Waals surface area contributed by atoms with E-state index in [1.165, 1.54) is 6.07 Å². The zero-order valence-electron chi connectivity index (χ0n) is 11.4. The van der Waals surface area contributed by atoms with Crippen LogP contribution in [0.15, 0.2) is 18.3 Å². The van der Waals surface area contributed by atoms with Crippen LogP contribution in [0.4, 0.5) is 13.2 Å². The molecule has 2 fully saturated rings. The number of alkyl halides is 3. The van der Waals surface area contributed by atoms with Crippen LogP contribution in [-0.4, -0.2) is 41.0 Å². The summed E-state index contributed by atoms with van der Waals surface area (Å²) in [5.74, 6) is -0.352. The fraction of sp³-hybridized carbons (Fsp3) is 0.571. The Labute approximate surface area is 120 Å². The summed E-state index contributed by atoms with van der Waals surface area (Å²) in [6, 6.07) is 2.47. The molecule has 4 nitrogen and oxygen atoms in total. The van der Waals surface area contributed by atoms with Gasteiger partial charge in [0.05, 0.1) is 5.56 Å². The summed E-state index contributed by atoms with van der Waals surface area (Å²) in [6.07, 6.45) is -0.399. The highest BCUT2D eigenvalue weighted by Crippen LogP contribution is 2.29. The zero-order valence-corrected chi connectivity index (χ0v) is 11.4. The SMILES string of the molecule is O=C(NC1CCN2CCCC12)c1ccc(C(F)(F)F)nc1. The molecule has 0 bridgehead atoms. The van der Waals surface area contributed by atoms with Gasteiger partial charge in [-0.3, -0.25) is 14.7 Å². The van der Waals surface area contributed by atoms with Gasteiger partial charge in [-0.1, -0.05) is 0 Å². The van der Waals surface area contributed by atoms with Crippen LogP contribution in [0, 0.1) is 0 Å². The lowest BCUT2D eigenvalue weighted by Crippen LogP contribution is -2.42. The molecule has 2 atom stereocenters. The highest BCUT2D eigenvalue weighted by Gasteiger charge is 2.38. The fourth-order valence-electron chi connectivity index (χ4n) is 3.20. The molecule has 21 heavy (non-hydrogen) atoms. The van der Waals surface area contributed by atoms with Gasteiger partial charge in [0, 0.05) is 24.8 Å². The number of hydrogen-bond acceptors (Lipinski definition) is 3. The van der Waals surface area contributed by atoms with Gasteiger partial charge in [-0.25, -0.2) is 0 Å². The van der Waals surface area contributed by atoms with Crippen LogP contribution in [0.1, 0.15) is 35.3 Å². The first-order valence-electron chi connectivity index (χ1n) is 7.03. The number of aromatic nitrogens is 1. The molecule has 1 aromatic rings. The van der Waals surface area contributed by atoms with E-state index in [4.69, 9.17) is 0 Å². The number of halogens is 3. The molecule has 2 aliphatic rings. The number of amides is 1. The van der Waals surface area contributed by atoms with E-state index in [9.17, 15) is 18.0 Å². The predicted molar refractivity (Wildman–Crippen MR) is 69.7 cm³/mol.